The zero-order valence-corrected chi connectivity index (χ0v) is 17.5. The number of hydrogen-bond acceptors (Lipinski definition) is 2. The van der Waals surface area contributed by atoms with Crippen LogP contribution in [-0.2, 0) is 6.18 Å². The molecule has 0 aliphatic rings. The summed E-state index contributed by atoms with van der Waals surface area (Å²) in [6.45, 7) is 7.66. The molecule has 1 N–H and O–H groups in total. The van der Waals surface area contributed by atoms with Crippen molar-refractivity contribution < 1.29 is 13.2 Å². The second-order valence-corrected chi connectivity index (χ2v) is 7.15. The van der Waals surface area contributed by atoms with Crippen LogP contribution in [0.1, 0.15) is 35.1 Å². The predicted molar refractivity (Wildman–Crippen MR) is 121 cm³/mol. The van der Waals surface area contributed by atoms with Crippen LogP contribution in [0.25, 0.3) is 34.7 Å². The molecule has 4 rings (SSSR count). The number of allylic oxidation sites excluding steroid dienone is 1. The average Bonchev–Trinajstić information content (AvgIpc) is 3.35. The van der Waals surface area contributed by atoms with Crippen LogP contribution in [0.2, 0.25) is 0 Å². The lowest BCUT2D eigenvalue weighted by atomic mass is 10.0. The van der Waals surface area contributed by atoms with Gasteiger partial charge in [-0.05, 0) is 55.7 Å². The third-order valence-electron chi connectivity index (χ3n) is 4.97. The van der Waals surface area contributed by atoms with Gasteiger partial charge in [0.15, 0.2) is 0 Å². The number of benzene rings is 2. The van der Waals surface area contributed by atoms with E-state index < -0.39 is 11.7 Å². The highest BCUT2D eigenvalue weighted by molar-refractivity contribution is 5.80. The Bertz CT molecular complexity index is 1410. The van der Waals surface area contributed by atoms with Gasteiger partial charge >= 0.3 is 6.18 Å². The normalized spacial score (nSPS) is 11.7. The number of nitrogens with one attached hydrogen (secondary N) is 1. The Kier molecular flexibility index (Phi) is 5.45. The maximum Gasteiger partial charge on any atom is 0.416 e. The summed E-state index contributed by atoms with van der Waals surface area (Å²) < 4.78 is 40.8. The van der Waals surface area contributed by atoms with Gasteiger partial charge in [-0.3, -0.25) is 4.57 Å². The number of aromatic nitrogens is 4. The Morgan fingerprint density at radius 2 is 1.94 bits per heavy atom. The van der Waals surface area contributed by atoms with E-state index in [0.29, 0.717) is 22.6 Å². The van der Waals surface area contributed by atoms with E-state index >= 15 is 0 Å². The molecule has 4 nitrogen and oxygen atoms in total. The van der Waals surface area contributed by atoms with Crippen LogP contribution in [0.3, 0.4) is 0 Å². The standard InChI is InChI=1S/C25H19F3N4/c1-4-6-23-29-15-20(32(23)5-2)11-9-17-13-18(8-7-16(17)3)24-30-21-12-10-19(25(26,27)28)14-22(21)31-24/h4-8,10,12-15H,2H2,1,3H3,(H,30,31)/b6-4-. The van der Waals surface area contributed by atoms with Crippen LogP contribution in [0.5, 0.6) is 0 Å². The molecule has 2 aromatic carbocycles. The van der Waals surface area contributed by atoms with E-state index in [0.717, 1.165) is 34.6 Å². The molecule has 0 atom stereocenters. The topological polar surface area (TPSA) is 46.5 Å². The lowest BCUT2D eigenvalue weighted by Gasteiger charge is -2.05. The molecule has 2 aromatic heterocycles. The summed E-state index contributed by atoms with van der Waals surface area (Å²) in [7, 11) is 0. The van der Waals surface area contributed by atoms with Crippen LogP contribution < -0.4 is 0 Å². The van der Waals surface area contributed by atoms with E-state index in [-0.39, 0.29) is 0 Å². The van der Waals surface area contributed by atoms with Gasteiger partial charge in [-0.15, -0.1) is 0 Å². The fourth-order valence-corrected chi connectivity index (χ4v) is 3.29. The molecule has 0 bridgehead atoms. The predicted octanol–water partition coefficient (Wildman–Crippen LogP) is 6.29. The summed E-state index contributed by atoms with van der Waals surface area (Å²) in [6.07, 6.45) is 2.68. The van der Waals surface area contributed by atoms with E-state index in [1.807, 2.05) is 44.2 Å². The summed E-state index contributed by atoms with van der Waals surface area (Å²) in [5.41, 5.74) is 3.25. The number of imidazole rings is 2. The minimum Gasteiger partial charge on any atom is -0.338 e. The second kappa shape index (κ2) is 8.23. The number of hydrogen-bond donors (Lipinski definition) is 1. The quantitative estimate of drug-likeness (QED) is 0.387. The van der Waals surface area contributed by atoms with Gasteiger partial charge < -0.3 is 4.98 Å². The molecule has 32 heavy (non-hydrogen) atoms. The highest BCUT2D eigenvalue weighted by Gasteiger charge is 2.30. The van der Waals surface area contributed by atoms with Crippen LogP contribution in [0.15, 0.2) is 55.3 Å². The van der Waals surface area contributed by atoms with Crippen molar-refractivity contribution in [2.24, 2.45) is 0 Å². The van der Waals surface area contributed by atoms with Gasteiger partial charge in [0, 0.05) is 17.3 Å². The molecule has 0 aliphatic carbocycles. The Labute approximate surface area is 183 Å². The Morgan fingerprint density at radius 3 is 2.66 bits per heavy atom. The average molecular weight is 432 g/mol. The molecule has 0 saturated carbocycles. The van der Waals surface area contributed by atoms with Gasteiger partial charge in [-0.25, -0.2) is 9.97 Å². The monoisotopic (exact) mass is 432 g/mol. The molecule has 0 fully saturated rings. The minimum atomic E-state index is -4.41. The van der Waals surface area contributed by atoms with Crippen molar-refractivity contribution in [2.75, 3.05) is 0 Å². The second-order valence-electron chi connectivity index (χ2n) is 7.15. The summed E-state index contributed by atoms with van der Waals surface area (Å²) >= 11 is 0. The van der Waals surface area contributed by atoms with Gasteiger partial charge in [-0.2, -0.15) is 13.2 Å². The third-order valence-corrected chi connectivity index (χ3v) is 4.97. The fourth-order valence-electron chi connectivity index (χ4n) is 3.29. The van der Waals surface area contributed by atoms with Gasteiger partial charge in [0.05, 0.1) is 22.8 Å². The number of aryl methyl sites for hydroxylation is 1. The van der Waals surface area contributed by atoms with Crippen molar-refractivity contribution in [3.63, 3.8) is 0 Å². The lowest BCUT2D eigenvalue weighted by Crippen LogP contribution is -2.04. The van der Waals surface area contributed by atoms with E-state index in [1.54, 1.807) is 17.0 Å². The smallest absolute Gasteiger partial charge is 0.338 e. The first-order valence-electron chi connectivity index (χ1n) is 9.82. The number of fused-ring (bicyclic) bond motifs is 1. The number of nitrogens with zero attached hydrogens (tertiary/aromatic N) is 3. The molecule has 0 unspecified atom stereocenters. The molecule has 0 saturated heterocycles. The van der Waals surface area contributed by atoms with Gasteiger partial charge in [0.25, 0.3) is 0 Å². The van der Waals surface area contributed by atoms with Crippen LogP contribution in [-0.4, -0.2) is 19.5 Å². The Hall–Kier alpha value is -4.05. The van der Waals surface area contributed by atoms with E-state index in [2.05, 4.69) is 33.4 Å². The van der Waals surface area contributed by atoms with Gasteiger partial charge in [-0.1, -0.05) is 30.7 Å². The first kappa shape index (κ1) is 21.2. The molecule has 160 valence electrons. The van der Waals surface area contributed by atoms with Crippen molar-refractivity contribution in [2.45, 2.75) is 20.0 Å². The minimum absolute atomic E-state index is 0.328. The van der Waals surface area contributed by atoms with E-state index in [1.165, 1.54) is 6.07 Å². The number of H-pyrrole nitrogens is 1. The maximum absolute atomic E-state index is 13.0. The molecule has 0 radical (unpaired) electrons. The van der Waals surface area contributed by atoms with Crippen molar-refractivity contribution >= 4 is 23.3 Å². The Morgan fingerprint density at radius 1 is 1.12 bits per heavy atom. The highest BCUT2D eigenvalue weighted by atomic mass is 19.4. The van der Waals surface area contributed by atoms with Crippen molar-refractivity contribution in [3.05, 3.63) is 83.5 Å². The van der Waals surface area contributed by atoms with E-state index in [9.17, 15) is 13.2 Å². The fraction of sp³-hybridized carbons (Fsp3) is 0.120. The zero-order chi connectivity index (χ0) is 22.9. The third kappa shape index (κ3) is 4.08. The van der Waals surface area contributed by atoms with Crippen LogP contribution >= 0.6 is 0 Å². The first-order valence-corrected chi connectivity index (χ1v) is 9.82. The maximum atomic E-state index is 13.0. The largest absolute Gasteiger partial charge is 0.416 e. The van der Waals surface area contributed by atoms with Crippen LogP contribution in [0.4, 0.5) is 13.2 Å². The summed E-state index contributed by atoms with van der Waals surface area (Å²) in [6, 6.07) is 9.10. The Balaban J connectivity index is 1.72. The number of halogens is 3. The molecule has 4 aromatic rings. The number of rotatable bonds is 3. The van der Waals surface area contributed by atoms with Crippen molar-refractivity contribution in [3.8, 4) is 23.2 Å². The zero-order valence-electron chi connectivity index (χ0n) is 17.5. The molecular weight excluding hydrogens is 413 g/mol. The van der Waals surface area contributed by atoms with Gasteiger partial charge in [0.1, 0.15) is 17.3 Å². The van der Waals surface area contributed by atoms with Crippen LogP contribution in [0, 0.1) is 18.8 Å². The first-order chi connectivity index (χ1) is 15.3. The highest BCUT2D eigenvalue weighted by Crippen LogP contribution is 2.32. The summed E-state index contributed by atoms with van der Waals surface area (Å²) in [5.74, 6) is 7.49. The molecule has 2 heterocycles. The number of alkyl halides is 3. The molecular formula is C25H19F3N4. The molecule has 0 aliphatic heterocycles. The molecule has 0 spiro atoms. The summed E-state index contributed by atoms with van der Waals surface area (Å²) in [5, 5.41) is 0. The van der Waals surface area contributed by atoms with Crippen molar-refractivity contribution in [1.29, 1.82) is 0 Å². The SMILES string of the molecule is C=Cn1c(C#Cc2cc(-c3nc4ccc(C(F)(F)F)cc4[nH]3)ccc2C)cnc1/C=C\C. The summed E-state index contributed by atoms with van der Waals surface area (Å²) in [4.78, 5) is 11.8. The molecule has 7 heteroatoms. The van der Waals surface area contributed by atoms with Crippen molar-refractivity contribution in [1.82, 2.24) is 19.5 Å². The molecule has 0 amide bonds. The lowest BCUT2D eigenvalue weighted by molar-refractivity contribution is -0.137. The van der Waals surface area contributed by atoms with E-state index in [4.69, 9.17) is 0 Å². The van der Waals surface area contributed by atoms with Gasteiger partial charge in [0.2, 0.25) is 0 Å². The number of aromatic amines is 1.